The Morgan fingerprint density at radius 3 is 2.70 bits per heavy atom. The van der Waals surface area contributed by atoms with Gasteiger partial charge in [-0.1, -0.05) is 18.2 Å². The second-order valence-corrected chi connectivity index (χ2v) is 5.72. The van der Waals surface area contributed by atoms with E-state index in [1.54, 1.807) is 0 Å². The van der Waals surface area contributed by atoms with Gasteiger partial charge in [-0.25, -0.2) is 0 Å². The Balaban J connectivity index is 2.04. The molecule has 0 spiro atoms. The average Bonchev–Trinajstić information content (AvgIpc) is 2.39. The van der Waals surface area contributed by atoms with Gasteiger partial charge in [0.25, 0.3) is 0 Å². The van der Waals surface area contributed by atoms with E-state index in [9.17, 15) is 9.90 Å². The third-order valence-corrected chi connectivity index (χ3v) is 3.66. The molecule has 1 heterocycles. The van der Waals surface area contributed by atoms with Crippen LogP contribution < -0.4 is 4.90 Å². The van der Waals surface area contributed by atoms with Crippen LogP contribution in [0.25, 0.3) is 0 Å². The van der Waals surface area contributed by atoms with Crippen LogP contribution in [0.3, 0.4) is 0 Å². The Labute approximate surface area is 121 Å². The van der Waals surface area contributed by atoms with Crippen LogP contribution in [0.4, 0.5) is 5.69 Å². The molecule has 1 amide bonds. The number of para-hydroxylation sites is 1. The van der Waals surface area contributed by atoms with Crippen molar-refractivity contribution in [3.8, 4) is 0 Å². The van der Waals surface area contributed by atoms with Gasteiger partial charge in [0, 0.05) is 18.3 Å². The first-order chi connectivity index (χ1) is 9.58. The number of aliphatic hydroxyl groups is 1. The van der Waals surface area contributed by atoms with Gasteiger partial charge in [-0.3, -0.25) is 9.69 Å². The molecule has 1 N–H and O–H groups in total. The van der Waals surface area contributed by atoms with Gasteiger partial charge in [0.1, 0.15) is 0 Å². The minimum atomic E-state index is -0.291. The summed E-state index contributed by atoms with van der Waals surface area (Å²) in [4.78, 5) is 16.4. The summed E-state index contributed by atoms with van der Waals surface area (Å²) in [5.41, 5.74) is 0.935. The largest absolute Gasteiger partial charge is 0.392 e. The van der Waals surface area contributed by atoms with Crippen molar-refractivity contribution in [3.05, 3.63) is 30.3 Å². The van der Waals surface area contributed by atoms with Crippen molar-refractivity contribution >= 4 is 11.6 Å². The van der Waals surface area contributed by atoms with Crippen LogP contribution in [0, 0.1) is 0 Å². The molecule has 0 aliphatic carbocycles. The summed E-state index contributed by atoms with van der Waals surface area (Å²) in [6.45, 7) is 5.92. The average molecular weight is 276 g/mol. The maximum absolute atomic E-state index is 12.6. The van der Waals surface area contributed by atoms with Gasteiger partial charge in [-0.15, -0.1) is 0 Å². The normalized spacial score (nSPS) is 20.1. The molecule has 1 atom stereocenters. The van der Waals surface area contributed by atoms with Crippen LogP contribution in [0.2, 0.25) is 0 Å². The summed E-state index contributed by atoms with van der Waals surface area (Å²) in [7, 11) is 0. The highest BCUT2D eigenvalue weighted by atomic mass is 16.3. The minimum Gasteiger partial charge on any atom is -0.392 e. The molecule has 20 heavy (non-hydrogen) atoms. The maximum Gasteiger partial charge on any atom is 0.241 e. The van der Waals surface area contributed by atoms with Gasteiger partial charge < -0.3 is 10.0 Å². The molecule has 2 rings (SSSR count). The Morgan fingerprint density at radius 2 is 2.10 bits per heavy atom. The molecule has 1 aromatic carbocycles. The smallest absolute Gasteiger partial charge is 0.241 e. The van der Waals surface area contributed by atoms with E-state index in [-0.39, 0.29) is 18.1 Å². The molecule has 4 heteroatoms. The van der Waals surface area contributed by atoms with Gasteiger partial charge in [-0.2, -0.15) is 0 Å². The summed E-state index contributed by atoms with van der Waals surface area (Å²) in [5, 5.41) is 9.69. The first-order valence-corrected chi connectivity index (χ1v) is 7.35. The zero-order chi connectivity index (χ0) is 14.5. The summed E-state index contributed by atoms with van der Waals surface area (Å²) < 4.78 is 0. The van der Waals surface area contributed by atoms with E-state index in [2.05, 4.69) is 4.90 Å². The number of benzene rings is 1. The number of hydrogen-bond donors (Lipinski definition) is 1. The number of nitrogens with zero attached hydrogens (tertiary/aromatic N) is 2. The molecule has 0 saturated carbocycles. The Morgan fingerprint density at radius 1 is 1.40 bits per heavy atom. The monoisotopic (exact) mass is 276 g/mol. The van der Waals surface area contributed by atoms with E-state index in [4.69, 9.17) is 0 Å². The molecule has 1 aliphatic heterocycles. The fraction of sp³-hybridized carbons (Fsp3) is 0.562. The molecule has 1 aromatic rings. The minimum absolute atomic E-state index is 0.0975. The van der Waals surface area contributed by atoms with Gasteiger partial charge in [-0.05, 0) is 45.4 Å². The third-order valence-electron chi connectivity index (χ3n) is 3.66. The summed E-state index contributed by atoms with van der Waals surface area (Å²) in [6, 6.07) is 9.89. The van der Waals surface area contributed by atoms with E-state index in [0.29, 0.717) is 13.1 Å². The molecule has 1 aliphatic rings. The van der Waals surface area contributed by atoms with Crippen molar-refractivity contribution in [3.63, 3.8) is 0 Å². The molecular weight excluding hydrogens is 252 g/mol. The van der Waals surface area contributed by atoms with Crippen LogP contribution in [-0.4, -0.2) is 47.7 Å². The summed E-state index contributed by atoms with van der Waals surface area (Å²) >= 11 is 0. The van der Waals surface area contributed by atoms with E-state index in [0.717, 1.165) is 25.1 Å². The molecule has 0 radical (unpaired) electrons. The maximum atomic E-state index is 12.6. The van der Waals surface area contributed by atoms with Crippen molar-refractivity contribution in [1.82, 2.24) is 4.90 Å². The number of rotatable bonds is 4. The number of β-amino-alcohol motifs (C(OH)–C–C–N with tert-alkyl or cyclic N) is 1. The summed E-state index contributed by atoms with van der Waals surface area (Å²) in [6.07, 6.45) is 1.51. The van der Waals surface area contributed by atoms with Crippen LogP contribution in [0.15, 0.2) is 30.3 Å². The molecule has 0 aromatic heterocycles. The predicted octanol–water partition coefficient (Wildman–Crippen LogP) is 1.88. The molecule has 1 saturated heterocycles. The zero-order valence-electron chi connectivity index (χ0n) is 12.3. The van der Waals surface area contributed by atoms with Crippen LogP contribution in [-0.2, 0) is 4.79 Å². The van der Waals surface area contributed by atoms with E-state index in [1.807, 2.05) is 49.1 Å². The lowest BCUT2D eigenvalue weighted by Crippen LogP contribution is -2.47. The lowest BCUT2D eigenvalue weighted by Gasteiger charge is -2.33. The second-order valence-electron chi connectivity index (χ2n) is 5.72. The SMILES string of the molecule is CC(C)N(C(=O)CN1CCC[C@H](O)C1)c1ccccc1. The summed E-state index contributed by atoms with van der Waals surface area (Å²) in [5.74, 6) is 0.0975. The molecule has 0 bridgehead atoms. The Bertz CT molecular complexity index is 433. The predicted molar refractivity (Wildman–Crippen MR) is 80.7 cm³/mol. The topological polar surface area (TPSA) is 43.8 Å². The Hall–Kier alpha value is -1.39. The highest BCUT2D eigenvalue weighted by molar-refractivity contribution is 5.95. The van der Waals surface area contributed by atoms with Gasteiger partial charge in [0.05, 0.1) is 12.6 Å². The third kappa shape index (κ3) is 3.81. The van der Waals surface area contributed by atoms with Crippen LogP contribution in [0.5, 0.6) is 0 Å². The number of piperidine rings is 1. The lowest BCUT2D eigenvalue weighted by molar-refractivity contribution is -0.120. The van der Waals surface area contributed by atoms with E-state index in [1.165, 1.54) is 0 Å². The first-order valence-electron chi connectivity index (χ1n) is 7.35. The molecule has 1 fully saturated rings. The highest BCUT2D eigenvalue weighted by Crippen LogP contribution is 2.18. The number of hydrogen-bond acceptors (Lipinski definition) is 3. The fourth-order valence-corrected chi connectivity index (χ4v) is 2.76. The van der Waals surface area contributed by atoms with Crippen LogP contribution >= 0.6 is 0 Å². The molecule has 0 unspecified atom stereocenters. The standard InChI is InChI=1S/C16H24N2O2/c1-13(2)18(14-7-4-3-5-8-14)16(20)12-17-10-6-9-15(19)11-17/h3-5,7-8,13,15,19H,6,9-12H2,1-2H3/t15-/m0/s1. The van der Waals surface area contributed by atoms with E-state index < -0.39 is 0 Å². The van der Waals surface area contributed by atoms with Gasteiger partial charge in [0.15, 0.2) is 0 Å². The molecular formula is C16H24N2O2. The number of amides is 1. The number of carbonyl (C=O) groups excluding carboxylic acids is 1. The van der Waals surface area contributed by atoms with Gasteiger partial charge in [0.2, 0.25) is 5.91 Å². The fourth-order valence-electron chi connectivity index (χ4n) is 2.76. The van der Waals surface area contributed by atoms with Crippen LogP contribution in [0.1, 0.15) is 26.7 Å². The van der Waals surface area contributed by atoms with Crippen molar-refractivity contribution in [1.29, 1.82) is 0 Å². The molecule has 110 valence electrons. The van der Waals surface area contributed by atoms with Gasteiger partial charge >= 0.3 is 0 Å². The van der Waals surface area contributed by atoms with Crippen molar-refractivity contribution in [2.75, 3.05) is 24.5 Å². The quantitative estimate of drug-likeness (QED) is 0.913. The van der Waals surface area contributed by atoms with Crippen molar-refractivity contribution in [2.24, 2.45) is 0 Å². The first kappa shape index (κ1) is 15.0. The zero-order valence-corrected chi connectivity index (χ0v) is 12.3. The number of likely N-dealkylation sites (tertiary alicyclic amines) is 1. The van der Waals surface area contributed by atoms with E-state index >= 15 is 0 Å². The molecule has 4 nitrogen and oxygen atoms in total. The number of carbonyl (C=O) groups is 1. The number of aliphatic hydroxyl groups excluding tert-OH is 1. The Kier molecular flexibility index (Phi) is 5.15. The number of anilines is 1. The van der Waals surface area contributed by atoms with Crippen molar-refractivity contribution in [2.45, 2.75) is 38.8 Å². The van der Waals surface area contributed by atoms with Crippen molar-refractivity contribution < 1.29 is 9.90 Å². The second kappa shape index (κ2) is 6.86. The lowest BCUT2D eigenvalue weighted by atomic mass is 10.1. The highest BCUT2D eigenvalue weighted by Gasteiger charge is 2.24.